The van der Waals surface area contributed by atoms with E-state index in [0.717, 1.165) is 21.8 Å². The van der Waals surface area contributed by atoms with Crippen molar-refractivity contribution in [2.75, 3.05) is 5.32 Å². The fourth-order valence-electron chi connectivity index (χ4n) is 2.32. The number of nitrogens with one attached hydrogen (secondary N) is 2. The van der Waals surface area contributed by atoms with Gasteiger partial charge in [0.15, 0.2) is 5.82 Å². The third-order valence-corrected chi connectivity index (χ3v) is 3.93. The molecule has 21 heavy (non-hydrogen) atoms. The minimum absolute atomic E-state index is 0.727. The molecule has 2 N–H and O–H groups in total. The summed E-state index contributed by atoms with van der Waals surface area (Å²) in [5.74, 6) is 1.52. The lowest BCUT2D eigenvalue weighted by Gasteiger charge is -2.05. The second kappa shape index (κ2) is 6.71. The van der Waals surface area contributed by atoms with Gasteiger partial charge in [0.1, 0.15) is 15.9 Å². The van der Waals surface area contributed by atoms with Crippen LogP contribution < -0.4 is 5.32 Å². The standard InChI is InChI=1S/C9H7BrN6.C5H10/c10-7-5-11-9(6-1-4-13-16(6)7)14-8-2-3-12-15-8;1-2-4-5-3-1/h1-5H,(H2,11,12,14,15);1-5H2. The predicted molar refractivity (Wildman–Crippen MR) is 85.6 cm³/mol. The summed E-state index contributed by atoms with van der Waals surface area (Å²) in [4.78, 5) is 4.29. The molecule has 1 saturated carbocycles. The average molecular weight is 349 g/mol. The van der Waals surface area contributed by atoms with Crippen LogP contribution in [0.1, 0.15) is 32.1 Å². The third kappa shape index (κ3) is 3.41. The number of aromatic amines is 1. The first-order valence-electron chi connectivity index (χ1n) is 7.09. The van der Waals surface area contributed by atoms with Gasteiger partial charge >= 0.3 is 0 Å². The number of H-pyrrole nitrogens is 1. The zero-order chi connectivity index (χ0) is 14.5. The van der Waals surface area contributed by atoms with Crippen LogP contribution in [0.5, 0.6) is 0 Å². The van der Waals surface area contributed by atoms with Gasteiger partial charge in [0.05, 0.1) is 18.6 Å². The summed E-state index contributed by atoms with van der Waals surface area (Å²) in [6, 6.07) is 3.72. The van der Waals surface area contributed by atoms with Gasteiger partial charge in [-0.3, -0.25) is 5.10 Å². The number of fused-ring (bicyclic) bond motifs is 1. The van der Waals surface area contributed by atoms with Crippen molar-refractivity contribution in [2.24, 2.45) is 0 Å². The van der Waals surface area contributed by atoms with Crippen LogP contribution in [0.3, 0.4) is 0 Å². The molecule has 3 aromatic rings. The van der Waals surface area contributed by atoms with E-state index in [9.17, 15) is 0 Å². The van der Waals surface area contributed by atoms with Crippen LogP contribution in [0, 0.1) is 0 Å². The zero-order valence-corrected chi connectivity index (χ0v) is 13.2. The molecule has 1 aliphatic carbocycles. The molecule has 0 saturated heterocycles. The van der Waals surface area contributed by atoms with Gasteiger partial charge in [0.2, 0.25) is 0 Å². The van der Waals surface area contributed by atoms with Crippen LogP contribution in [-0.2, 0) is 0 Å². The maximum absolute atomic E-state index is 4.29. The van der Waals surface area contributed by atoms with Crippen molar-refractivity contribution in [3.8, 4) is 0 Å². The Hall–Kier alpha value is -1.89. The van der Waals surface area contributed by atoms with E-state index in [1.54, 1.807) is 23.1 Å². The molecule has 110 valence electrons. The predicted octanol–water partition coefficient (Wildman–Crippen LogP) is 3.91. The molecule has 0 spiro atoms. The zero-order valence-electron chi connectivity index (χ0n) is 11.6. The molecule has 4 rings (SSSR count). The largest absolute Gasteiger partial charge is 0.324 e. The Balaban J connectivity index is 0.000000225. The van der Waals surface area contributed by atoms with Gasteiger partial charge < -0.3 is 5.32 Å². The second-order valence-electron chi connectivity index (χ2n) is 4.92. The molecule has 7 heteroatoms. The molecule has 3 aromatic heterocycles. The van der Waals surface area contributed by atoms with Crippen LogP contribution in [0.15, 0.2) is 35.3 Å². The van der Waals surface area contributed by atoms with Crippen LogP contribution in [-0.4, -0.2) is 24.8 Å². The van der Waals surface area contributed by atoms with Crippen molar-refractivity contribution in [3.63, 3.8) is 0 Å². The highest BCUT2D eigenvalue weighted by atomic mass is 79.9. The Bertz CT molecular complexity index is 679. The molecule has 0 unspecified atom stereocenters. The molecular formula is C14H17BrN6. The molecule has 1 fully saturated rings. The van der Waals surface area contributed by atoms with Gasteiger partial charge in [-0.2, -0.15) is 10.2 Å². The maximum Gasteiger partial charge on any atom is 0.157 e. The van der Waals surface area contributed by atoms with Gasteiger partial charge in [0.25, 0.3) is 0 Å². The van der Waals surface area contributed by atoms with Crippen LogP contribution in [0.25, 0.3) is 5.52 Å². The average Bonchev–Trinajstić information content (AvgIpc) is 3.27. The molecular weight excluding hydrogens is 332 g/mol. The Morgan fingerprint density at radius 3 is 2.52 bits per heavy atom. The smallest absolute Gasteiger partial charge is 0.157 e. The molecule has 0 radical (unpaired) electrons. The number of hydrogen-bond donors (Lipinski definition) is 2. The molecule has 3 heterocycles. The number of halogens is 1. The maximum atomic E-state index is 4.29. The van der Waals surface area contributed by atoms with Crippen molar-refractivity contribution >= 4 is 33.1 Å². The Morgan fingerprint density at radius 2 is 1.86 bits per heavy atom. The van der Waals surface area contributed by atoms with E-state index in [1.807, 2.05) is 12.1 Å². The van der Waals surface area contributed by atoms with E-state index in [1.165, 1.54) is 32.1 Å². The minimum atomic E-state index is 0.727. The molecule has 0 amide bonds. The summed E-state index contributed by atoms with van der Waals surface area (Å²) >= 11 is 3.38. The summed E-state index contributed by atoms with van der Waals surface area (Å²) < 4.78 is 2.56. The van der Waals surface area contributed by atoms with Gasteiger partial charge in [-0.05, 0) is 22.0 Å². The molecule has 0 bridgehead atoms. The highest BCUT2D eigenvalue weighted by molar-refractivity contribution is 9.10. The monoisotopic (exact) mass is 348 g/mol. The van der Waals surface area contributed by atoms with Crippen LogP contribution in [0.4, 0.5) is 11.6 Å². The number of aromatic nitrogens is 5. The lowest BCUT2D eigenvalue weighted by atomic mass is 10.4. The number of hydrogen-bond acceptors (Lipinski definition) is 4. The lowest BCUT2D eigenvalue weighted by molar-refractivity contribution is 0.886. The quantitative estimate of drug-likeness (QED) is 0.736. The fourth-order valence-corrected chi connectivity index (χ4v) is 2.71. The SMILES string of the molecule is Brc1cnc(Nc2ccn[nH]2)c2ccnn12.C1CCCC1. The summed E-state index contributed by atoms with van der Waals surface area (Å²) in [6.07, 6.45) is 12.6. The second-order valence-corrected chi connectivity index (χ2v) is 5.73. The number of anilines is 2. The normalized spacial score (nSPS) is 14.0. The van der Waals surface area contributed by atoms with Crippen molar-refractivity contribution in [3.05, 3.63) is 35.3 Å². The van der Waals surface area contributed by atoms with Crippen molar-refractivity contribution in [1.29, 1.82) is 0 Å². The number of rotatable bonds is 2. The first-order chi connectivity index (χ1) is 10.3. The lowest BCUT2D eigenvalue weighted by Crippen LogP contribution is -1.99. The third-order valence-electron chi connectivity index (χ3n) is 3.39. The van der Waals surface area contributed by atoms with Crippen molar-refractivity contribution in [1.82, 2.24) is 24.8 Å². The molecule has 0 aromatic carbocycles. The van der Waals surface area contributed by atoms with Gasteiger partial charge in [-0.25, -0.2) is 9.50 Å². The first-order valence-corrected chi connectivity index (χ1v) is 7.88. The molecule has 0 aliphatic heterocycles. The Labute approximate surface area is 131 Å². The van der Waals surface area contributed by atoms with Crippen LogP contribution in [0.2, 0.25) is 0 Å². The van der Waals surface area contributed by atoms with E-state index < -0.39 is 0 Å². The van der Waals surface area contributed by atoms with Crippen molar-refractivity contribution in [2.45, 2.75) is 32.1 Å². The number of nitrogens with zero attached hydrogens (tertiary/aromatic N) is 4. The molecule has 1 aliphatic rings. The minimum Gasteiger partial charge on any atom is -0.324 e. The summed E-state index contributed by atoms with van der Waals surface area (Å²) in [5.41, 5.74) is 0.893. The summed E-state index contributed by atoms with van der Waals surface area (Å²) in [5, 5.41) is 14.0. The topological polar surface area (TPSA) is 70.9 Å². The van der Waals surface area contributed by atoms with E-state index in [0.29, 0.717) is 0 Å². The van der Waals surface area contributed by atoms with Crippen molar-refractivity contribution < 1.29 is 0 Å². The molecule has 6 nitrogen and oxygen atoms in total. The van der Waals surface area contributed by atoms with E-state index >= 15 is 0 Å². The fraction of sp³-hybridized carbons (Fsp3) is 0.357. The Morgan fingerprint density at radius 1 is 1.10 bits per heavy atom. The van der Waals surface area contributed by atoms with Crippen LogP contribution >= 0.6 is 15.9 Å². The van der Waals surface area contributed by atoms with Gasteiger partial charge in [0, 0.05) is 6.07 Å². The van der Waals surface area contributed by atoms with E-state index in [2.05, 4.69) is 41.5 Å². The summed E-state index contributed by atoms with van der Waals surface area (Å²) in [7, 11) is 0. The summed E-state index contributed by atoms with van der Waals surface area (Å²) in [6.45, 7) is 0. The molecule has 0 atom stereocenters. The van der Waals surface area contributed by atoms with E-state index in [4.69, 9.17) is 0 Å². The van der Waals surface area contributed by atoms with Gasteiger partial charge in [-0.1, -0.05) is 32.1 Å². The van der Waals surface area contributed by atoms with E-state index in [-0.39, 0.29) is 0 Å². The highest BCUT2D eigenvalue weighted by Gasteiger charge is 2.06. The van der Waals surface area contributed by atoms with Gasteiger partial charge in [-0.15, -0.1) is 0 Å². The first kappa shape index (κ1) is 14.1. The highest BCUT2D eigenvalue weighted by Crippen LogP contribution is 2.20. The Kier molecular flexibility index (Phi) is 4.49.